The zero-order valence-corrected chi connectivity index (χ0v) is 12.0. The molecule has 1 rings (SSSR count). The van der Waals surface area contributed by atoms with Gasteiger partial charge in [0.25, 0.3) is 0 Å². The van der Waals surface area contributed by atoms with Crippen LogP contribution in [0.4, 0.5) is 5.69 Å². The van der Waals surface area contributed by atoms with Gasteiger partial charge in [0, 0.05) is 24.4 Å². The molecule has 0 saturated carbocycles. The molecule has 0 saturated heterocycles. The van der Waals surface area contributed by atoms with Crippen molar-refractivity contribution in [3.63, 3.8) is 0 Å². The van der Waals surface area contributed by atoms with Gasteiger partial charge in [-0.2, -0.15) is 0 Å². The van der Waals surface area contributed by atoms with Crippen molar-refractivity contribution in [2.24, 2.45) is 0 Å². The molecule has 1 N–H and O–H groups in total. The normalized spacial score (nSPS) is 11.1. The molecule has 1 aromatic carbocycles. The zero-order chi connectivity index (χ0) is 14.3. The molecule has 0 unspecified atom stereocenters. The lowest BCUT2D eigenvalue weighted by Crippen LogP contribution is -2.16. The number of hydrogen-bond acceptors (Lipinski definition) is 4. The van der Waals surface area contributed by atoms with E-state index in [2.05, 4.69) is 5.32 Å². The Hall–Kier alpha value is -1.56. The van der Waals surface area contributed by atoms with Crippen LogP contribution in [0.5, 0.6) is 5.75 Å². The van der Waals surface area contributed by atoms with Crippen LogP contribution < -0.4 is 10.1 Å². The Morgan fingerprint density at radius 3 is 2.74 bits per heavy atom. The molecule has 0 radical (unpaired) electrons. The smallest absolute Gasteiger partial charge is 0.225 e. The highest BCUT2D eigenvalue weighted by molar-refractivity contribution is 7.90. The van der Waals surface area contributed by atoms with Crippen LogP contribution in [0.1, 0.15) is 19.8 Å². The minimum Gasteiger partial charge on any atom is -0.494 e. The summed E-state index contributed by atoms with van der Waals surface area (Å²) in [4.78, 5) is 11.6. The molecule has 0 spiro atoms. The van der Waals surface area contributed by atoms with Crippen molar-refractivity contribution in [3.8, 4) is 5.75 Å². The Kier molecular flexibility index (Phi) is 5.82. The molecule has 0 aromatic heterocycles. The minimum atomic E-state index is -3.12. The van der Waals surface area contributed by atoms with Crippen LogP contribution in [0.2, 0.25) is 0 Å². The summed E-state index contributed by atoms with van der Waals surface area (Å²) < 4.78 is 27.4. The van der Waals surface area contributed by atoms with Gasteiger partial charge in [-0.15, -0.1) is 0 Å². The van der Waals surface area contributed by atoms with E-state index in [0.29, 0.717) is 18.0 Å². The van der Waals surface area contributed by atoms with Crippen molar-refractivity contribution in [2.45, 2.75) is 19.8 Å². The van der Waals surface area contributed by atoms with Gasteiger partial charge < -0.3 is 10.1 Å². The van der Waals surface area contributed by atoms with E-state index in [1.807, 2.05) is 13.0 Å². The van der Waals surface area contributed by atoms with E-state index in [-0.39, 0.29) is 18.1 Å². The Morgan fingerprint density at radius 2 is 2.11 bits per heavy atom. The van der Waals surface area contributed by atoms with Crippen molar-refractivity contribution in [3.05, 3.63) is 24.3 Å². The highest BCUT2D eigenvalue weighted by Gasteiger charge is 2.08. The molecule has 0 aliphatic rings. The molecule has 0 atom stereocenters. The third-order valence-electron chi connectivity index (χ3n) is 2.29. The maximum Gasteiger partial charge on any atom is 0.225 e. The number of benzene rings is 1. The van der Waals surface area contributed by atoms with Crippen LogP contribution in [0.15, 0.2) is 24.3 Å². The summed E-state index contributed by atoms with van der Waals surface area (Å²) >= 11 is 0. The molecule has 0 aliphatic carbocycles. The number of sulfone groups is 1. The predicted molar refractivity (Wildman–Crippen MR) is 75.2 cm³/mol. The Balaban J connectivity index is 2.54. The van der Waals surface area contributed by atoms with Gasteiger partial charge in [0.15, 0.2) is 0 Å². The number of hydrogen-bond donors (Lipinski definition) is 1. The van der Waals surface area contributed by atoms with Crippen LogP contribution in [-0.2, 0) is 14.6 Å². The number of carbonyl (C=O) groups excluding carboxylic acids is 1. The van der Waals surface area contributed by atoms with Gasteiger partial charge in [-0.1, -0.05) is 13.0 Å². The molecule has 6 heteroatoms. The minimum absolute atomic E-state index is 0.0428. The summed E-state index contributed by atoms with van der Waals surface area (Å²) in [6, 6.07) is 7.03. The average molecular weight is 285 g/mol. The van der Waals surface area contributed by atoms with E-state index in [1.165, 1.54) is 0 Å². The average Bonchev–Trinajstić information content (AvgIpc) is 2.33. The number of nitrogens with one attached hydrogen (secondary N) is 1. The van der Waals surface area contributed by atoms with Gasteiger partial charge in [0.1, 0.15) is 15.6 Å². The van der Waals surface area contributed by atoms with Gasteiger partial charge in [-0.3, -0.25) is 4.79 Å². The SMILES string of the molecule is CCCOc1cccc(NC(=O)CCS(C)(=O)=O)c1. The number of carbonyl (C=O) groups is 1. The topological polar surface area (TPSA) is 72.5 Å². The lowest BCUT2D eigenvalue weighted by Gasteiger charge is -2.08. The second kappa shape index (κ2) is 7.13. The van der Waals surface area contributed by atoms with Gasteiger partial charge in [0.2, 0.25) is 5.91 Å². The van der Waals surface area contributed by atoms with E-state index < -0.39 is 9.84 Å². The van der Waals surface area contributed by atoms with Crippen LogP contribution in [0.3, 0.4) is 0 Å². The van der Waals surface area contributed by atoms with Gasteiger partial charge in [0.05, 0.1) is 12.4 Å². The molecule has 0 bridgehead atoms. The molecule has 1 aromatic rings. The maximum atomic E-state index is 11.6. The van der Waals surface area contributed by atoms with E-state index >= 15 is 0 Å². The summed E-state index contributed by atoms with van der Waals surface area (Å²) in [5.74, 6) is 0.214. The van der Waals surface area contributed by atoms with Crippen molar-refractivity contribution >= 4 is 21.4 Å². The molecule has 106 valence electrons. The lowest BCUT2D eigenvalue weighted by atomic mass is 10.3. The number of ether oxygens (including phenoxy) is 1. The predicted octanol–water partition coefficient (Wildman–Crippen LogP) is 1.85. The van der Waals surface area contributed by atoms with E-state index in [0.717, 1.165) is 12.7 Å². The standard InChI is InChI=1S/C13H19NO4S/c1-3-8-18-12-6-4-5-11(10-12)14-13(15)7-9-19(2,16)17/h4-6,10H,3,7-9H2,1-2H3,(H,14,15). The summed E-state index contributed by atoms with van der Waals surface area (Å²) in [6.45, 7) is 2.63. The van der Waals surface area contributed by atoms with Crippen molar-refractivity contribution in [2.75, 3.05) is 23.9 Å². The van der Waals surface area contributed by atoms with E-state index in [4.69, 9.17) is 4.74 Å². The van der Waals surface area contributed by atoms with Crippen LogP contribution in [0.25, 0.3) is 0 Å². The zero-order valence-electron chi connectivity index (χ0n) is 11.2. The molecule has 0 aliphatic heterocycles. The Morgan fingerprint density at radius 1 is 1.37 bits per heavy atom. The quantitative estimate of drug-likeness (QED) is 0.830. The highest BCUT2D eigenvalue weighted by Crippen LogP contribution is 2.17. The first-order valence-electron chi connectivity index (χ1n) is 6.11. The molecule has 0 heterocycles. The Labute approximate surface area is 113 Å². The van der Waals surface area contributed by atoms with Crippen LogP contribution in [-0.4, -0.2) is 32.9 Å². The molecule has 0 fully saturated rings. The first-order chi connectivity index (χ1) is 8.90. The molecule has 5 nitrogen and oxygen atoms in total. The number of amides is 1. The van der Waals surface area contributed by atoms with E-state index in [9.17, 15) is 13.2 Å². The second-order valence-electron chi connectivity index (χ2n) is 4.30. The van der Waals surface area contributed by atoms with Crippen molar-refractivity contribution in [1.82, 2.24) is 0 Å². The third kappa shape index (κ3) is 6.81. The third-order valence-corrected chi connectivity index (χ3v) is 3.24. The lowest BCUT2D eigenvalue weighted by molar-refractivity contribution is -0.115. The molecule has 19 heavy (non-hydrogen) atoms. The maximum absolute atomic E-state index is 11.6. The largest absolute Gasteiger partial charge is 0.494 e. The summed E-state index contributed by atoms with van der Waals surface area (Å²) in [5, 5.41) is 2.65. The first-order valence-corrected chi connectivity index (χ1v) is 8.17. The summed E-state index contributed by atoms with van der Waals surface area (Å²) in [6.07, 6.45) is 1.98. The van der Waals surface area contributed by atoms with Crippen molar-refractivity contribution < 1.29 is 17.9 Å². The van der Waals surface area contributed by atoms with Gasteiger partial charge in [-0.05, 0) is 18.6 Å². The van der Waals surface area contributed by atoms with Crippen molar-refractivity contribution in [1.29, 1.82) is 0 Å². The van der Waals surface area contributed by atoms with E-state index in [1.54, 1.807) is 18.2 Å². The number of anilines is 1. The van der Waals surface area contributed by atoms with Gasteiger partial charge >= 0.3 is 0 Å². The van der Waals surface area contributed by atoms with Gasteiger partial charge in [-0.25, -0.2) is 8.42 Å². The fourth-order valence-corrected chi connectivity index (χ4v) is 1.94. The number of rotatable bonds is 7. The fraction of sp³-hybridized carbons (Fsp3) is 0.462. The Bertz CT molecular complexity index is 525. The molecular weight excluding hydrogens is 266 g/mol. The summed E-state index contributed by atoms with van der Waals surface area (Å²) in [5.41, 5.74) is 0.604. The van der Waals surface area contributed by atoms with Crippen LogP contribution >= 0.6 is 0 Å². The highest BCUT2D eigenvalue weighted by atomic mass is 32.2. The van der Waals surface area contributed by atoms with Crippen LogP contribution in [0, 0.1) is 0 Å². The molecular formula is C13H19NO4S. The summed E-state index contributed by atoms with van der Waals surface area (Å²) in [7, 11) is -3.12. The second-order valence-corrected chi connectivity index (χ2v) is 6.56. The molecule has 1 amide bonds. The fourth-order valence-electron chi connectivity index (χ4n) is 1.39. The first kappa shape index (κ1) is 15.5. The monoisotopic (exact) mass is 285 g/mol.